The number of carbonyl (C=O) groups excluding carboxylic acids is 2. The Balaban J connectivity index is 2.32. The standard InChI is InChI=1S/C11H16O4/c1-6-5-11(2,10(13)14-3)7-4-8(6)15-9(7)12/h6-8H,4-5H2,1-3H3/t6-,7+,8+,11-/m0/s1. The van der Waals surface area contributed by atoms with Crippen molar-refractivity contribution < 1.29 is 19.1 Å². The minimum Gasteiger partial charge on any atom is -0.469 e. The van der Waals surface area contributed by atoms with Crippen molar-refractivity contribution >= 4 is 11.9 Å². The van der Waals surface area contributed by atoms with Crippen LogP contribution in [0.15, 0.2) is 0 Å². The molecular weight excluding hydrogens is 196 g/mol. The number of fused-ring (bicyclic) bond motifs is 2. The maximum absolute atomic E-state index is 11.7. The molecule has 4 heteroatoms. The average Bonchev–Trinajstić information content (AvgIpc) is 2.55. The van der Waals surface area contributed by atoms with Crippen molar-refractivity contribution in [1.82, 2.24) is 0 Å². The molecule has 1 aliphatic heterocycles. The second kappa shape index (κ2) is 3.22. The summed E-state index contributed by atoms with van der Waals surface area (Å²) < 4.78 is 10.0. The fourth-order valence-electron chi connectivity index (χ4n) is 2.88. The SMILES string of the molecule is COC(=O)[C@@]1(C)C[C@H](C)[C@H]2C[C@@H]1C(=O)O2. The molecule has 1 heterocycles. The summed E-state index contributed by atoms with van der Waals surface area (Å²) in [5.41, 5.74) is -0.696. The van der Waals surface area contributed by atoms with Crippen LogP contribution in [0.5, 0.6) is 0 Å². The van der Waals surface area contributed by atoms with E-state index in [0.29, 0.717) is 12.8 Å². The number of hydrogen-bond acceptors (Lipinski definition) is 4. The van der Waals surface area contributed by atoms with Gasteiger partial charge < -0.3 is 9.47 Å². The summed E-state index contributed by atoms with van der Waals surface area (Å²) in [6, 6.07) is 0. The molecule has 15 heavy (non-hydrogen) atoms. The fraction of sp³-hybridized carbons (Fsp3) is 0.818. The zero-order valence-electron chi connectivity index (χ0n) is 9.28. The van der Waals surface area contributed by atoms with Gasteiger partial charge >= 0.3 is 11.9 Å². The van der Waals surface area contributed by atoms with E-state index in [2.05, 4.69) is 0 Å². The molecule has 2 fully saturated rings. The van der Waals surface area contributed by atoms with E-state index >= 15 is 0 Å². The highest BCUT2D eigenvalue weighted by Crippen LogP contribution is 2.49. The molecule has 0 spiro atoms. The number of methoxy groups -OCH3 is 1. The summed E-state index contributed by atoms with van der Waals surface area (Å²) in [7, 11) is 1.37. The molecule has 1 saturated carbocycles. The van der Waals surface area contributed by atoms with E-state index in [1.165, 1.54) is 7.11 Å². The van der Waals surface area contributed by atoms with Crippen molar-refractivity contribution in [3.63, 3.8) is 0 Å². The van der Waals surface area contributed by atoms with Gasteiger partial charge in [-0.25, -0.2) is 0 Å². The third-order valence-corrected chi connectivity index (χ3v) is 3.82. The third-order valence-electron chi connectivity index (χ3n) is 3.82. The molecule has 0 radical (unpaired) electrons. The lowest BCUT2D eigenvalue weighted by atomic mass is 9.65. The zero-order chi connectivity index (χ0) is 11.2. The van der Waals surface area contributed by atoms with Crippen molar-refractivity contribution in [1.29, 1.82) is 0 Å². The lowest BCUT2D eigenvalue weighted by molar-refractivity contribution is -0.161. The molecule has 0 aromatic carbocycles. The maximum Gasteiger partial charge on any atom is 0.312 e. The van der Waals surface area contributed by atoms with Crippen LogP contribution in [0.1, 0.15) is 26.7 Å². The molecule has 2 rings (SSSR count). The minimum atomic E-state index is -0.696. The largest absolute Gasteiger partial charge is 0.469 e. The average molecular weight is 212 g/mol. The first kappa shape index (κ1) is 10.5. The summed E-state index contributed by atoms with van der Waals surface area (Å²) in [5, 5.41) is 0. The molecule has 4 atom stereocenters. The van der Waals surface area contributed by atoms with Crippen LogP contribution in [-0.2, 0) is 19.1 Å². The van der Waals surface area contributed by atoms with E-state index in [4.69, 9.17) is 9.47 Å². The monoisotopic (exact) mass is 212 g/mol. The molecule has 4 nitrogen and oxygen atoms in total. The topological polar surface area (TPSA) is 52.6 Å². The van der Waals surface area contributed by atoms with Crippen LogP contribution in [0.3, 0.4) is 0 Å². The Morgan fingerprint density at radius 1 is 1.60 bits per heavy atom. The van der Waals surface area contributed by atoms with Crippen molar-refractivity contribution in [2.24, 2.45) is 17.3 Å². The summed E-state index contributed by atoms with van der Waals surface area (Å²) in [5.74, 6) is -0.614. The van der Waals surface area contributed by atoms with Crippen LogP contribution in [-0.4, -0.2) is 25.2 Å². The maximum atomic E-state index is 11.7. The van der Waals surface area contributed by atoms with E-state index < -0.39 is 5.41 Å². The highest BCUT2D eigenvalue weighted by Gasteiger charge is 2.57. The number of ether oxygens (including phenoxy) is 2. The van der Waals surface area contributed by atoms with Crippen molar-refractivity contribution in [2.75, 3.05) is 7.11 Å². The quantitative estimate of drug-likeness (QED) is 0.611. The molecule has 0 aromatic rings. The van der Waals surface area contributed by atoms with Gasteiger partial charge in [-0.3, -0.25) is 9.59 Å². The van der Waals surface area contributed by atoms with Crippen LogP contribution in [0.25, 0.3) is 0 Å². The molecule has 0 N–H and O–H groups in total. The van der Waals surface area contributed by atoms with Gasteiger partial charge in [0.1, 0.15) is 6.10 Å². The van der Waals surface area contributed by atoms with Crippen LogP contribution in [0.4, 0.5) is 0 Å². The molecule has 84 valence electrons. The van der Waals surface area contributed by atoms with E-state index in [1.807, 2.05) is 13.8 Å². The minimum absolute atomic E-state index is 0.000214. The molecule has 0 amide bonds. The van der Waals surface area contributed by atoms with Crippen LogP contribution in [0, 0.1) is 17.3 Å². The van der Waals surface area contributed by atoms with Crippen LogP contribution >= 0.6 is 0 Å². The van der Waals surface area contributed by atoms with E-state index in [0.717, 1.165) is 0 Å². The Morgan fingerprint density at radius 2 is 2.27 bits per heavy atom. The first-order valence-corrected chi connectivity index (χ1v) is 5.28. The smallest absolute Gasteiger partial charge is 0.312 e. The summed E-state index contributed by atoms with van der Waals surface area (Å²) >= 11 is 0. The van der Waals surface area contributed by atoms with Gasteiger partial charge in [0.05, 0.1) is 18.4 Å². The van der Waals surface area contributed by atoms with E-state index in [1.54, 1.807) is 0 Å². The Labute approximate surface area is 88.9 Å². The van der Waals surface area contributed by atoms with Gasteiger partial charge in [0, 0.05) is 0 Å². The fourth-order valence-corrected chi connectivity index (χ4v) is 2.88. The second-order valence-corrected chi connectivity index (χ2v) is 4.85. The van der Waals surface area contributed by atoms with E-state index in [9.17, 15) is 9.59 Å². The Morgan fingerprint density at radius 3 is 2.87 bits per heavy atom. The lowest BCUT2D eigenvalue weighted by Crippen LogP contribution is -2.43. The Hall–Kier alpha value is -1.06. The third kappa shape index (κ3) is 1.34. The summed E-state index contributed by atoms with van der Waals surface area (Å²) in [4.78, 5) is 23.3. The van der Waals surface area contributed by atoms with Gasteiger partial charge in [-0.2, -0.15) is 0 Å². The van der Waals surface area contributed by atoms with E-state index in [-0.39, 0.29) is 29.9 Å². The second-order valence-electron chi connectivity index (χ2n) is 4.85. The number of esters is 2. The number of rotatable bonds is 1. The lowest BCUT2D eigenvalue weighted by Gasteiger charge is -2.36. The Bertz CT molecular complexity index is 312. The molecule has 0 unspecified atom stereocenters. The summed E-state index contributed by atoms with van der Waals surface area (Å²) in [6.45, 7) is 3.82. The number of hydrogen-bond donors (Lipinski definition) is 0. The van der Waals surface area contributed by atoms with Gasteiger partial charge in [-0.05, 0) is 25.7 Å². The first-order chi connectivity index (χ1) is 6.99. The molecular formula is C11H16O4. The van der Waals surface area contributed by atoms with Crippen molar-refractivity contribution in [3.05, 3.63) is 0 Å². The molecule has 2 bridgehead atoms. The van der Waals surface area contributed by atoms with Crippen LogP contribution < -0.4 is 0 Å². The zero-order valence-corrected chi connectivity index (χ0v) is 9.28. The highest BCUT2D eigenvalue weighted by molar-refractivity contribution is 5.86. The van der Waals surface area contributed by atoms with Gasteiger partial charge in [-0.15, -0.1) is 0 Å². The van der Waals surface area contributed by atoms with Crippen LogP contribution in [0.2, 0.25) is 0 Å². The highest BCUT2D eigenvalue weighted by atomic mass is 16.6. The number of carbonyl (C=O) groups is 2. The van der Waals surface area contributed by atoms with Crippen molar-refractivity contribution in [2.45, 2.75) is 32.8 Å². The van der Waals surface area contributed by atoms with Gasteiger partial charge in [0.25, 0.3) is 0 Å². The van der Waals surface area contributed by atoms with Gasteiger partial charge in [-0.1, -0.05) is 6.92 Å². The molecule has 1 aliphatic carbocycles. The van der Waals surface area contributed by atoms with Crippen molar-refractivity contribution in [3.8, 4) is 0 Å². The molecule has 1 saturated heterocycles. The molecule has 2 aliphatic rings. The molecule has 0 aromatic heterocycles. The predicted octanol–water partition coefficient (Wildman–Crippen LogP) is 1.14. The van der Waals surface area contributed by atoms with Gasteiger partial charge in [0.15, 0.2) is 0 Å². The first-order valence-electron chi connectivity index (χ1n) is 5.28. The normalized spacial score (nSPS) is 43.7. The Kier molecular flexibility index (Phi) is 2.24. The van der Waals surface area contributed by atoms with Gasteiger partial charge in [0.2, 0.25) is 0 Å². The summed E-state index contributed by atoms with van der Waals surface area (Å²) in [6.07, 6.45) is 1.33. The predicted molar refractivity (Wildman–Crippen MR) is 51.9 cm³/mol.